The Morgan fingerprint density at radius 2 is 1.59 bits per heavy atom. The van der Waals surface area contributed by atoms with Crippen molar-refractivity contribution < 1.29 is 51.8 Å². The number of carbonyl (C=O) groups is 2. The van der Waals surface area contributed by atoms with E-state index in [0.717, 1.165) is 30.1 Å². The summed E-state index contributed by atoms with van der Waals surface area (Å²) in [4.78, 5) is 22.2. The summed E-state index contributed by atoms with van der Waals surface area (Å²) in [6.07, 6.45) is 0.632. The van der Waals surface area contributed by atoms with Crippen molar-refractivity contribution in [2.45, 2.75) is 33.1 Å². The summed E-state index contributed by atoms with van der Waals surface area (Å²) in [6.45, 7) is 7.28. The third kappa shape index (κ3) is 15.8. The fourth-order valence-electron chi connectivity index (χ4n) is 2.59. The summed E-state index contributed by atoms with van der Waals surface area (Å²) in [7, 11) is 5.06. The van der Waals surface area contributed by atoms with Gasteiger partial charge in [-0.1, -0.05) is 72.3 Å². The monoisotopic (exact) mass is 579 g/mol. The van der Waals surface area contributed by atoms with Gasteiger partial charge in [0.15, 0.2) is 0 Å². The Morgan fingerprint density at radius 1 is 1.00 bits per heavy atom. The standard InChI is InChI=1S/C13H19NO.C12H16NO3S2.Y/c1-9(2)8-11-4-6-12(7-5-11)10(3)13(14)15;1-15-7-9-17-18-10-8-16-12(14)13-11-5-3-2-4-6-11;/h4-7,9-10H,8H2,1-3H3,(H2,14,15);3-6H,7-10H2,1H3,(H,13,14);/q;-1;/p-1. The minimum absolute atomic E-state index is 0. The van der Waals surface area contributed by atoms with Gasteiger partial charge in [0.25, 0.3) is 0 Å². The summed E-state index contributed by atoms with van der Waals surface area (Å²) in [5.74, 6) is 1.52. The van der Waals surface area contributed by atoms with Crippen molar-refractivity contribution in [2.75, 3.05) is 37.1 Å². The SMILES string of the molecule is CC(C)Cc1ccc(C(C)C([NH-])=O)cc1.COCCSSCCOC(=O)Nc1cc[c-]cc1.[Y]. The first-order valence-corrected chi connectivity index (χ1v) is 13.3. The van der Waals surface area contributed by atoms with E-state index in [0.29, 0.717) is 18.2 Å². The number of rotatable bonds is 12. The van der Waals surface area contributed by atoms with Crippen LogP contribution in [0.3, 0.4) is 0 Å². The van der Waals surface area contributed by atoms with Crippen LogP contribution in [-0.2, 0) is 53.4 Å². The third-order valence-corrected chi connectivity index (χ3v) is 6.67. The van der Waals surface area contributed by atoms with Crippen LogP contribution >= 0.6 is 21.6 Å². The Labute approximate surface area is 237 Å². The van der Waals surface area contributed by atoms with E-state index in [4.69, 9.17) is 15.2 Å². The van der Waals surface area contributed by atoms with Crippen LogP contribution in [0.4, 0.5) is 10.5 Å². The largest absolute Gasteiger partial charge is 0.667 e. The molecule has 1 radical (unpaired) electrons. The molecule has 0 spiro atoms. The molecule has 9 heteroatoms. The Hall–Kier alpha value is -1.06. The molecule has 0 bridgehead atoms. The van der Waals surface area contributed by atoms with E-state index in [1.807, 2.05) is 12.1 Å². The molecule has 2 rings (SSSR count). The van der Waals surface area contributed by atoms with Gasteiger partial charge < -0.3 is 25.3 Å². The van der Waals surface area contributed by atoms with Crippen LogP contribution in [-0.4, -0.2) is 43.8 Å². The van der Waals surface area contributed by atoms with Gasteiger partial charge in [0.1, 0.15) is 6.61 Å². The number of carbonyl (C=O) groups excluding carboxylic acids is 2. The Balaban J connectivity index is 0.000000632. The first-order chi connectivity index (χ1) is 15.8. The molecule has 2 aromatic carbocycles. The molecular formula is C25H34N2O4S2Y-2. The molecule has 34 heavy (non-hydrogen) atoms. The summed E-state index contributed by atoms with van der Waals surface area (Å²) in [5, 5.41) is 2.64. The minimum atomic E-state index is -0.522. The molecule has 0 aliphatic rings. The molecule has 185 valence electrons. The third-order valence-electron chi connectivity index (χ3n) is 4.34. The van der Waals surface area contributed by atoms with Crippen molar-refractivity contribution >= 4 is 39.3 Å². The van der Waals surface area contributed by atoms with Crippen LogP contribution in [0, 0.1) is 12.0 Å². The topological polar surface area (TPSA) is 88.4 Å². The van der Waals surface area contributed by atoms with Crippen molar-refractivity contribution in [3.63, 3.8) is 0 Å². The Morgan fingerprint density at radius 3 is 2.12 bits per heavy atom. The van der Waals surface area contributed by atoms with E-state index in [9.17, 15) is 9.59 Å². The van der Waals surface area contributed by atoms with Crippen LogP contribution in [0.25, 0.3) is 5.73 Å². The van der Waals surface area contributed by atoms with E-state index >= 15 is 0 Å². The number of anilines is 1. The van der Waals surface area contributed by atoms with E-state index in [1.54, 1.807) is 59.9 Å². The second-order valence-corrected chi connectivity index (χ2v) is 10.3. The van der Waals surface area contributed by atoms with Gasteiger partial charge in [-0.15, -0.1) is 12.1 Å². The van der Waals surface area contributed by atoms with Gasteiger partial charge in [-0.05, 0) is 23.5 Å². The zero-order valence-corrected chi connectivity index (χ0v) is 24.8. The van der Waals surface area contributed by atoms with Gasteiger partial charge in [-0.2, -0.15) is 18.2 Å². The molecule has 0 saturated carbocycles. The van der Waals surface area contributed by atoms with Crippen molar-refractivity contribution in [1.29, 1.82) is 0 Å². The van der Waals surface area contributed by atoms with Crippen LogP contribution < -0.4 is 5.32 Å². The smallest absolute Gasteiger partial charge is 0.409 e. The molecule has 2 N–H and O–H groups in total. The molecule has 2 amide bonds. The van der Waals surface area contributed by atoms with Gasteiger partial charge in [0.05, 0.1) is 12.5 Å². The maximum atomic E-state index is 11.4. The predicted molar refractivity (Wildman–Crippen MR) is 140 cm³/mol. The minimum Gasteiger partial charge on any atom is -0.667 e. The van der Waals surface area contributed by atoms with Crippen molar-refractivity contribution in [3.8, 4) is 0 Å². The number of benzene rings is 2. The van der Waals surface area contributed by atoms with E-state index in [1.165, 1.54) is 5.56 Å². The molecular weight excluding hydrogens is 545 g/mol. The zero-order chi connectivity index (χ0) is 24.5. The molecule has 0 aliphatic carbocycles. The van der Waals surface area contributed by atoms with Crippen LogP contribution in [0.5, 0.6) is 0 Å². The van der Waals surface area contributed by atoms with E-state index in [-0.39, 0.29) is 38.6 Å². The van der Waals surface area contributed by atoms with Crippen molar-refractivity contribution in [1.82, 2.24) is 0 Å². The summed E-state index contributed by atoms with van der Waals surface area (Å²) in [6, 6.07) is 17.9. The fraction of sp³-hybridized carbons (Fsp3) is 0.440. The number of nitrogens with one attached hydrogen (secondary N) is 2. The molecule has 2 aromatic rings. The molecule has 0 aliphatic heterocycles. The average molecular weight is 580 g/mol. The predicted octanol–water partition coefficient (Wildman–Crippen LogP) is 6.63. The zero-order valence-electron chi connectivity index (χ0n) is 20.3. The maximum Gasteiger partial charge on any atom is 0.409 e. The summed E-state index contributed by atoms with van der Waals surface area (Å²) in [5.41, 5.74) is 9.98. The van der Waals surface area contributed by atoms with Crippen LogP contribution in [0.15, 0.2) is 48.5 Å². The molecule has 1 unspecified atom stereocenters. The van der Waals surface area contributed by atoms with Crippen molar-refractivity contribution in [3.05, 3.63) is 71.5 Å². The second kappa shape index (κ2) is 20.2. The van der Waals surface area contributed by atoms with Gasteiger partial charge in [-0.3, -0.25) is 0 Å². The number of hydrogen-bond acceptors (Lipinski definition) is 6. The van der Waals surface area contributed by atoms with Crippen LogP contribution in [0.2, 0.25) is 0 Å². The molecule has 0 fully saturated rings. The first kappa shape index (κ1) is 32.9. The van der Waals surface area contributed by atoms with Gasteiger partial charge >= 0.3 is 6.09 Å². The Bertz CT molecular complexity index is 808. The van der Waals surface area contributed by atoms with Gasteiger partial charge in [0.2, 0.25) is 0 Å². The number of hydrogen-bond donors (Lipinski definition) is 1. The number of methoxy groups -OCH3 is 1. The summed E-state index contributed by atoms with van der Waals surface area (Å²) >= 11 is 0. The first-order valence-electron chi connectivity index (χ1n) is 10.8. The fourth-order valence-corrected chi connectivity index (χ4v) is 4.33. The average Bonchev–Trinajstić information content (AvgIpc) is 2.79. The van der Waals surface area contributed by atoms with Gasteiger partial charge in [-0.25, -0.2) is 4.79 Å². The Kier molecular flexibility index (Phi) is 19.5. The quantitative estimate of drug-likeness (QED) is 0.173. The molecule has 1 atom stereocenters. The van der Waals surface area contributed by atoms with E-state index < -0.39 is 12.0 Å². The summed E-state index contributed by atoms with van der Waals surface area (Å²) < 4.78 is 9.95. The second-order valence-electron chi connectivity index (χ2n) is 7.61. The maximum absolute atomic E-state index is 11.4. The molecule has 0 aromatic heterocycles. The van der Waals surface area contributed by atoms with E-state index in [2.05, 4.69) is 37.4 Å². The molecule has 0 saturated heterocycles. The van der Waals surface area contributed by atoms with Crippen molar-refractivity contribution in [2.24, 2.45) is 5.92 Å². The molecule has 0 heterocycles. The van der Waals surface area contributed by atoms with Gasteiger partial charge in [0, 0.05) is 57.2 Å². The molecule has 6 nitrogen and oxygen atoms in total. The number of ether oxygens (including phenoxy) is 2. The van der Waals surface area contributed by atoms with Crippen LogP contribution in [0.1, 0.15) is 37.8 Å². The number of amides is 2. The normalized spacial score (nSPS) is 11.0.